The van der Waals surface area contributed by atoms with Crippen LogP contribution in [0.3, 0.4) is 0 Å². The van der Waals surface area contributed by atoms with Crippen LogP contribution in [0.25, 0.3) is 0 Å². The number of carbonyl (C=O) groups is 1. The van der Waals surface area contributed by atoms with Gasteiger partial charge < -0.3 is 19.3 Å². The van der Waals surface area contributed by atoms with Gasteiger partial charge in [-0.2, -0.15) is 5.10 Å². The van der Waals surface area contributed by atoms with Crippen LogP contribution in [0.1, 0.15) is 48.5 Å². The number of hydrogen-bond donors (Lipinski definition) is 2. The molecule has 7 nitrogen and oxygen atoms in total. The van der Waals surface area contributed by atoms with Crippen molar-refractivity contribution < 1.29 is 24.1 Å². The standard InChI is InChI=1S/C22H28N2O5/c1-4-5-6-7-12-29-18-10-8-17(9-11-18)22(26)24-23-15-16-13-19(27-2)21(25)20(14-16)28-3/h8-11,13-15,25H,4-7,12H2,1-3H3,(H,24,26)/b23-15+. The third-order valence-corrected chi connectivity index (χ3v) is 4.26. The number of aromatic hydroxyl groups is 1. The Morgan fingerprint density at radius 3 is 2.31 bits per heavy atom. The number of hydrazone groups is 1. The summed E-state index contributed by atoms with van der Waals surface area (Å²) >= 11 is 0. The van der Waals surface area contributed by atoms with Crippen LogP contribution in [0.5, 0.6) is 23.0 Å². The quantitative estimate of drug-likeness (QED) is 0.336. The number of carbonyl (C=O) groups excluding carboxylic acids is 1. The van der Waals surface area contributed by atoms with E-state index in [9.17, 15) is 9.90 Å². The maximum Gasteiger partial charge on any atom is 0.271 e. The van der Waals surface area contributed by atoms with E-state index in [-0.39, 0.29) is 23.2 Å². The van der Waals surface area contributed by atoms with Crippen molar-refractivity contribution in [2.45, 2.75) is 32.6 Å². The topological polar surface area (TPSA) is 89.4 Å². The average molecular weight is 400 g/mol. The van der Waals surface area contributed by atoms with Crippen molar-refractivity contribution in [1.82, 2.24) is 5.43 Å². The molecular weight excluding hydrogens is 372 g/mol. The number of nitrogens with one attached hydrogen (secondary N) is 1. The molecule has 2 rings (SSSR count). The van der Waals surface area contributed by atoms with Crippen LogP contribution in [-0.2, 0) is 0 Å². The number of hydrogen-bond acceptors (Lipinski definition) is 6. The first-order valence-corrected chi connectivity index (χ1v) is 9.60. The van der Waals surface area contributed by atoms with E-state index in [1.807, 2.05) is 0 Å². The van der Waals surface area contributed by atoms with Gasteiger partial charge >= 0.3 is 0 Å². The first-order chi connectivity index (χ1) is 14.1. The van der Waals surface area contributed by atoms with Gasteiger partial charge in [-0.25, -0.2) is 5.43 Å². The number of phenols is 1. The molecule has 2 aromatic carbocycles. The summed E-state index contributed by atoms with van der Waals surface area (Å²) in [6.07, 6.45) is 6.04. The lowest BCUT2D eigenvalue weighted by molar-refractivity contribution is 0.0955. The summed E-state index contributed by atoms with van der Waals surface area (Å²) in [6.45, 7) is 2.85. The third-order valence-electron chi connectivity index (χ3n) is 4.26. The van der Waals surface area contributed by atoms with Crippen molar-refractivity contribution in [2.24, 2.45) is 5.10 Å². The molecule has 0 saturated carbocycles. The smallest absolute Gasteiger partial charge is 0.271 e. The molecule has 0 fully saturated rings. The van der Waals surface area contributed by atoms with Gasteiger partial charge in [0.15, 0.2) is 11.5 Å². The molecule has 2 N–H and O–H groups in total. The number of ether oxygens (including phenoxy) is 3. The van der Waals surface area contributed by atoms with Crippen LogP contribution < -0.4 is 19.6 Å². The second-order valence-electron chi connectivity index (χ2n) is 6.41. The summed E-state index contributed by atoms with van der Waals surface area (Å²) in [5.41, 5.74) is 3.54. The van der Waals surface area contributed by atoms with Crippen molar-refractivity contribution in [3.63, 3.8) is 0 Å². The van der Waals surface area contributed by atoms with E-state index < -0.39 is 0 Å². The van der Waals surface area contributed by atoms with Gasteiger partial charge in [-0.3, -0.25) is 4.79 Å². The molecule has 1 amide bonds. The highest BCUT2D eigenvalue weighted by Crippen LogP contribution is 2.36. The monoisotopic (exact) mass is 400 g/mol. The fourth-order valence-corrected chi connectivity index (χ4v) is 2.64. The molecule has 0 aliphatic rings. The first kappa shape index (κ1) is 22.1. The number of benzene rings is 2. The van der Waals surface area contributed by atoms with E-state index in [1.54, 1.807) is 36.4 Å². The van der Waals surface area contributed by atoms with Crippen LogP contribution in [0.15, 0.2) is 41.5 Å². The molecule has 2 aromatic rings. The Morgan fingerprint density at radius 2 is 1.72 bits per heavy atom. The number of methoxy groups -OCH3 is 2. The molecular formula is C22H28N2O5. The predicted molar refractivity (Wildman–Crippen MR) is 112 cm³/mol. The molecule has 0 aliphatic carbocycles. The Labute approximate surface area is 171 Å². The van der Waals surface area contributed by atoms with Crippen LogP contribution in [0.4, 0.5) is 0 Å². The zero-order chi connectivity index (χ0) is 21.1. The lowest BCUT2D eigenvalue weighted by Gasteiger charge is -2.09. The number of nitrogens with zero attached hydrogens (tertiary/aromatic N) is 1. The van der Waals surface area contributed by atoms with Crippen LogP contribution in [0, 0.1) is 0 Å². The molecule has 0 aromatic heterocycles. The van der Waals surface area contributed by atoms with Gasteiger partial charge in [0.05, 0.1) is 27.0 Å². The second kappa shape index (κ2) is 11.6. The van der Waals surface area contributed by atoms with Gasteiger partial charge in [0.25, 0.3) is 5.91 Å². The summed E-state index contributed by atoms with van der Waals surface area (Å²) in [7, 11) is 2.88. The number of unbranched alkanes of at least 4 members (excludes halogenated alkanes) is 3. The van der Waals surface area contributed by atoms with Crippen LogP contribution in [-0.4, -0.2) is 38.1 Å². The van der Waals surface area contributed by atoms with Crippen molar-refractivity contribution in [2.75, 3.05) is 20.8 Å². The lowest BCUT2D eigenvalue weighted by Crippen LogP contribution is -2.17. The Hall–Kier alpha value is -3.22. The Bertz CT molecular complexity index is 793. The van der Waals surface area contributed by atoms with E-state index in [4.69, 9.17) is 14.2 Å². The van der Waals surface area contributed by atoms with Crippen LogP contribution >= 0.6 is 0 Å². The molecule has 0 heterocycles. The van der Waals surface area contributed by atoms with Crippen molar-refractivity contribution in [3.05, 3.63) is 47.5 Å². The van der Waals surface area contributed by atoms with E-state index in [1.165, 1.54) is 33.3 Å². The highest BCUT2D eigenvalue weighted by atomic mass is 16.5. The van der Waals surface area contributed by atoms with Gasteiger partial charge in [-0.05, 0) is 42.8 Å². The van der Waals surface area contributed by atoms with E-state index in [0.717, 1.165) is 18.6 Å². The Balaban J connectivity index is 1.90. The summed E-state index contributed by atoms with van der Waals surface area (Å²) in [4.78, 5) is 12.2. The normalized spacial score (nSPS) is 10.7. The van der Waals surface area contributed by atoms with Gasteiger partial charge in [0.1, 0.15) is 5.75 Å². The lowest BCUT2D eigenvalue weighted by atomic mass is 10.2. The summed E-state index contributed by atoms with van der Waals surface area (Å²) in [6, 6.07) is 10.1. The van der Waals surface area contributed by atoms with Crippen LogP contribution in [0.2, 0.25) is 0 Å². The summed E-state index contributed by atoms with van der Waals surface area (Å²) in [5.74, 6) is 0.812. The minimum atomic E-state index is -0.339. The largest absolute Gasteiger partial charge is 0.502 e. The van der Waals surface area contributed by atoms with Gasteiger partial charge in [0.2, 0.25) is 5.75 Å². The Kier molecular flexibility index (Phi) is 8.82. The zero-order valence-electron chi connectivity index (χ0n) is 17.1. The molecule has 0 spiro atoms. The SMILES string of the molecule is CCCCCCOc1ccc(C(=O)N/N=C/c2cc(OC)c(O)c(OC)c2)cc1. The molecule has 29 heavy (non-hydrogen) atoms. The zero-order valence-corrected chi connectivity index (χ0v) is 17.1. The highest BCUT2D eigenvalue weighted by Gasteiger charge is 2.10. The molecule has 0 aliphatic heterocycles. The predicted octanol–water partition coefficient (Wildman–Crippen LogP) is 4.13. The average Bonchev–Trinajstić information content (AvgIpc) is 2.74. The summed E-state index contributed by atoms with van der Waals surface area (Å²) < 4.78 is 15.9. The fraction of sp³-hybridized carbons (Fsp3) is 0.364. The third kappa shape index (κ3) is 6.71. The summed E-state index contributed by atoms with van der Waals surface area (Å²) in [5, 5.41) is 13.9. The maximum absolute atomic E-state index is 12.2. The minimum Gasteiger partial charge on any atom is -0.502 e. The molecule has 7 heteroatoms. The maximum atomic E-state index is 12.2. The first-order valence-electron chi connectivity index (χ1n) is 9.60. The van der Waals surface area contributed by atoms with Gasteiger partial charge in [-0.15, -0.1) is 0 Å². The Morgan fingerprint density at radius 1 is 1.07 bits per heavy atom. The van der Waals surface area contributed by atoms with E-state index in [0.29, 0.717) is 17.7 Å². The molecule has 0 bridgehead atoms. The molecule has 0 unspecified atom stereocenters. The number of rotatable bonds is 11. The molecule has 156 valence electrons. The van der Waals surface area contributed by atoms with Crippen molar-refractivity contribution in [3.8, 4) is 23.0 Å². The second-order valence-corrected chi connectivity index (χ2v) is 6.41. The van der Waals surface area contributed by atoms with E-state index >= 15 is 0 Å². The molecule has 0 radical (unpaired) electrons. The van der Waals surface area contributed by atoms with Crippen molar-refractivity contribution in [1.29, 1.82) is 0 Å². The van der Waals surface area contributed by atoms with Crippen molar-refractivity contribution >= 4 is 12.1 Å². The number of phenolic OH excluding ortho intramolecular Hbond substituents is 1. The molecule has 0 saturated heterocycles. The fourth-order valence-electron chi connectivity index (χ4n) is 2.64. The highest BCUT2D eigenvalue weighted by molar-refractivity contribution is 5.95. The van der Waals surface area contributed by atoms with Gasteiger partial charge in [0, 0.05) is 11.1 Å². The number of amides is 1. The van der Waals surface area contributed by atoms with E-state index in [2.05, 4.69) is 17.5 Å². The minimum absolute atomic E-state index is 0.0937. The molecule has 0 atom stereocenters. The van der Waals surface area contributed by atoms with Gasteiger partial charge in [-0.1, -0.05) is 26.2 Å².